The van der Waals surface area contributed by atoms with Crippen molar-refractivity contribution in [2.45, 2.75) is 57.2 Å². The molecule has 2 N–H and O–H groups in total. The number of likely N-dealkylation sites (tertiary alicyclic amines) is 2. The van der Waals surface area contributed by atoms with Crippen molar-refractivity contribution >= 4 is 11.3 Å². The Hall–Kier alpha value is -0.420. The van der Waals surface area contributed by atoms with Gasteiger partial charge in [-0.2, -0.15) is 11.3 Å². The van der Waals surface area contributed by atoms with Gasteiger partial charge in [-0.25, -0.2) is 0 Å². The minimum atomic E-state index is 0.250. The Morgan fingerprint density at radius 1 is 1.29 bits per heavy atom. The standard InChI is InChI=1S/C17H29N3S/c1-2-16(18)17(14-7-11-21-13-14)20-10-6-15(12-20)19-8-4-3-5-9-19/h7,11,13,15-17H,2-6,8-10,12,18H2,1H3. The summed E-state index contributed by atoms with van der Waals surface area (Å²) >= 11 is 1.79. The number of piperidine rings is 1. The maximum absolute atomic E-state index is 6.46. The molecule has 1 aromatic heterocycles. The second-order valence-corrected chi connectivity index (χ2v) is 7.39. The lowest BCUT2D eigenvalue weighted by molar-refractivity contribution is 0.145. The number of nitrogens with two attached hydrogens (primary N) is 1. The van der Waals surface area contributed by atoms with Crippen LogP contribution in [0.5, 0.6) is 0 Å². The molecule has 2 aliphatic heterocycles. The summed E-state index contributed by atoms with van der Waals surface area (Å²) in [5.41, 5.74) is 7.89. The molecular weight excluding hydrogens is 278 g/mol. The van der Waals surface area contributed by atoms with Gasteiger partial charge in [0.25, 0.3) is 0 Å². The van der Waals surface area contributed by atoms with Crippen molar-refractivity contribution in [2.24, 2.45) is 5.73 Å². The van der Waals surface area contributed by atoms with Gasteiger partial charge in [-0.05, 0) is 61.2 Å². The molecule has 21 heavy (non-hydrogen) atoms. The quantitative estimate of drug-likeness (QED) is 0.907. The number of nitrogens with zero attached hydrogens (tertiary/aromatic N) is 2. The molecule has 1 aromatic rings. The van der Waals surface area contributed by atoms with Crippen LogP contribution < -0.4 is 5.73 Å². The first-order valence-electron chi connectivity index (χ1n) is 8.55. The summed E-state index contributed by atoms with van der Waals surface area (Å²) in [4.78, 5) is 5.38. The summed E-state index contributed by atoms with van der Waals surface area (Å²) in [6.45, 7) is 7.23. The summed E-state index contributed by atoms with van der Waals surface area (Å²) in [7, 11) is 0. The van der Waals surface area contributed by atoms with Crippen molar-refractivity contribution in [1.29, 1.82) is 0 Å². The Kier molecular flexibility index (Phi) is 5.33. The average molecular weight is 308 g/mol. The van der Waals surface area contributed by atoms with Crippen LogP contribution in [-0.4, -0.2) is 48.1 Å². The van der Waals surface area contributed by atoms with Gasteiger partial charge in [0.2, 0.25) is 0 Å². The lowest BCUT2D eigenvalue weighted by atomic mass is 9.99. The molecule has 2 fully saturated rings. The fourth-order valence-electron chi connectivity index (χ4n) is 4.00. The molecular formula is C17H29N3S. The van der Waals surface area contributed by atoms with Gasteiger partial charge in [0, 0.05) is 25.2 Å². The summed E-state index contributed by atoms with van der Waals surface area (Å²) in [6.07, 6.45) is 6.56. The second-order valence-electron chi connectivity index (χ2n) is 6.61. The molecule has 3 nitrogen and oxygen atoms in total. The van der Waals surface area contributed by atoms with Crippen molar-refractivity contribution in [3.05, 3.63) is 22.4 Å². The smallest absolute Gasteiger partial charge is 0.0507 e. The Labute approximate surface area is 133 Å². The number of thiophene rings is 1. The summed E-state index contributed by atoms with van der Waals surface area (Å²) in [6, 6.07) is 3.69. The van der Waals surface area contributed by atoms with Gasteiger partial charge in [-0.3, -0.25) is 9.80 Å². The van der Waals surface area contributed by atoms with E-state index in [0.29, 0.717) is 6.04 Å². The first-order chi connectivity index (χ1) is 10.3. The van der Waals surface area contributed by atoms with E-state index in [0.717, 1.165) is 12.5 Å². The maximum Gasteiger partial charge on any atom is 0.0507 e. The molecule has 0 radical (unpaired) electrons. The zero-order chi connectivity index (χ0) is 14.7. The highest BCUT2D eigenvalue weighted by Crippen LogP contribution is 2.32. The summed E-state index contributed by atoms with van der Waals surface area (Å²) < 4.78 is 0. The molecule has 3 heterocycles. The van der Waals surface area contributed by atoms with Gasteiger partial charge in [0.05, 0.1) is 6.04 Å². The van der Waals surface area contributed by atoms with E-state index in [-0.39, 0.29) is 6.04 Å². The highest BCUT2D eigenvalue weighted by molar-refractivity contribution is 7.07. The van der Waals surface area contributed by atoms with Crippen LogP contribution in [0, 0.1) is 0 Å². The van der Waals surface area contributed by atoms with Crippen molar-refractivity contribution in [1.82, 2.24) is 9.80 Å². The third-order valence-corrected chi connectivity index (χ3v) is 5.96. The van der Waals surface area contributed by atoms with Crippen molar-refractivity contribution < 1.29 is 0 Å². The van der Waals surface area contributed by atoms with Crippen LogP contribution in [0.25, 0.3) is 0 Å². The molecule has 2 saturated heterocycles. The topological polar surface area (TPSA) is 32.5 Å². The van der Waals surface area contributed by atoms with Crippen LogP contribution in [0.3, 0.4) is 0 Å². The molecule has 0 aromatic carbocycles. The third-order valence-electron chi connectivity index (χ3n) is 5.26. The van der Waals surface area contributed by atoms with Crippen LogP contribution in [0.15, 0.2) is 16.8 Å². The number of rotatable bonds is 5. The van der Waals surface area contributed by atoms with Crippen LogP contribution in [-0.2, 0) is 0 Å². The number of hydrogen-bond acceptors (Lipinski definition) is 4. The fraction of sp³-hybridized carbons (Fsp3) is 0.765. The van der Waals surface area contributed by atoms with E-state index in [1.807, 2.05) is 0 Å². The van der Waals surface area contributed by atoms with Crippen molar-refractivity contribution in [3.63, 3.8) is 0 Å². The van der Waals surface area contributed by atoms with Crippen molar-refractivity contribution in [2.75, 3.05) is 26.2 Å². The lowest BCUT2D eigenvalue weighted by Gasteiger charge is -2.35. The molecule has 3 unspecified atom stereocenters. The van der Waals surface area contributed by atoms with E-state index in [1.54, 1.807) is 11.3 Å². The van der Waals surface area contributed by atoms with Gasteiger partial charge >= 0.3 is 0 Å². The molecule has 118 valence electrons. The molecule has 0 aliphatic carbocycles. The third kappa shape index (κ3) is 3.50. The molecule has 0 bridgehead atoms. The molecule has 4 heteroatoms. The van der Waals surface area contributed by atoms with E-state index in [4.69, 9.17) is 5.73 Å². The van der Waals surface area contributed by atoms with Crippen LogP contribution >= 0.6 is 11.3 Å². The van der Waals surface area contributed by atoms with E-state index in [9.17, 15) is 0 Å². The Morgan fingerprint density at radius 2 is 2.10 bits per heavy atom. The van der Waals surface area contributed by atoms with Crippen molar-refractivity contribution in [3.8, 4) is 0 Å². The Bertz CT molecular complexity index is 414. The highest BCUT2D eigenvalue weighted by Gasteiger charge is 2.34. The van der Waals surface area contributed by atoms with Crippen LogP contribution in [0.1, 0.15) is 50.6 Å². The summed E-state index contributed by atoms with van der Waals surface area (Å²) in [5, 5.41) is 4.47. The molecule has 0 amide bonds. The zero-order valence-electron chi connectivity index (χ0n) is 13.2. The average Bonchev–Trinajstić information content (AvgIpc) is 3.20. The minimum absolute atomic E-state index is 0.250. The van der Waals surface area contributed by atoms with E-state index < -0.39 is 0 Å². The largest absolute Gasteiger partial charge is 0.326 e. The lowest BCUT2D eigenvalue weighted by Crippen LogP contribution is -2.44. The predicted octanol–water partition coefficient (Wildman–Crippen LogP) is 3.09. The summed E-state index contributed by atoms with van der Waals surface area (Å²) in [5.74, 6) is 0. The Morgan fingerprint density at radius 3 is 2.76 bits per heavy atom. The van der Waals surface area contributed by atoms with E-state index >= 15 is 0 Å². The fourth-order valence-corrected chi connectivity index (χ4v) is 4.69. The molecule has 3 rings (SSSR count). The second kappa shape index (κ2) is 7.23. The SMILES string of the molecule is CCC(N)C(c1ccsc1)N1CCC(N2CCCCC2)C1. The van der Waals surface area contributed by atoms with Crippen LogP contribution in [0.2, 0.25) is 0 Å². The van der Waals surface area contributed by atoms with E-state index in [1.165, 1.54) is 57.4 Å². The highest BCUT2D eigenvalue weighted by atomic mass is 32.1. The van der Waals surface area contributed by atoms with Gasteiger partial charge in [0.1, 0.15) is 0 Å². The normalized spacial score (nSPS) is 27.8. The Balaban J connectivity index is 1.67. The first-order valence-corrected chi connectivity index (χ1v) is 9.49. The first kappa shape index (κ1) is 15.5. The van der Waals surface area contributed by atoms with Gasteiger partial charge in [0.15, 0.2) is 0 Å². The molecule has 2 aliphatic rings. The molecule has 0 spiro atoms. The van der Waals surface area contributed by atoms with Crippen LogP contribution in [0.4, 0.5) is 0 Å². The van der Waals surface area contributed by atoms with Gasteiger partial charge in [-0.1, -0.05) is 13.3 Å². The van der Waals surface area contributed by atoms with Gasteiger partial charge < -0.3 is 5.73 Å². The maximum atomic E-state index is 6.46. The monoisotopic (exact) mass is 307 g/mol. The molecule has 0 saturated carbocycles. The predicted molar refractivity (Wildman–Crippen MR) is 90.7 cm³/mol. The van der Waals surface area contributed by atoms with Gasteiger partial charge in [-0.15, -0.1) is 0 Å². The zero-order valence-corrected chi connectivity index (χ0v) is 14.0. The minimum Gasteiger partial charge on any atom is -0.326 e. The van der Waals surface area contributed by atoms with E-state index in [2.05, 4.69) is 33.6 Å². The number of hydrogen-bond donors (Lipinski definition) is 1. The molecule has 3 atom stereocenters.